The standard InChI is InChI=1S/C49H90O7S2/c1-3-5-7-17-27-45(54-47(51)31-29-42-23-13-9-14-24-42)40-57-37-21-11-19-34-49(53-39-44(56-49)33-36-50)35-20-12-22-38-58-41-46(28-18-8-6-4-2)55-48(52)32-30-43-25-15-10-16-26-43/h42-46,50H,3-41H2,1-2H3. The number of carbonyl (C=O) groups is 2. The second-order valence-corrected chi connectivity index (χ2v) is 20.6. The molecule has 340 valence electrons. The monoisotopic (exact) mass is 855 g/mol. The molecule has 2 saturated carbocycles. The zero-order chi connectivity index (χ0) is 41.4. The van der Waals surface area contributed by atoms with E-state index in [1.165, 1.54) is 103 Å². The molecular weight excluding hydrogens is 765 g/mol. The van der Waals surface area contributed by atoms with Gasteiger partial charge in [0.2, 0.25) is 0 Å². The van der Waals surface area contributed by atoms with Crippen molar-refractivity contribution in [2.24, 2.45) is 11.8 Å². The van der Waals surface area contributed by atoms with Crippen LogP contribution in [0.2, 0.25) is 0 Å². The molecular formula is C49H90O7S2. The van der Waals surface area contributed by atoms with Gasteiger partial charge in [-0.3, -0.25) is 9.59 Å². The highest BCUT2D eigenvalue weighted by Gasteiger charge is 2.40. The van der Waals surface area contributed by atoms with Gasteiger partial charge in [0.15, 0.2) is 5.79 Å². The third-order valence-electron chi connectivity index (χ3n) is 13.0. The number of hydrogen-bond acceptors (Lipinski definition) is 9. The highest BCUT2D eigenvalue weighted by molar-refractivity contribution is 7.99. The van der Waals surface area contributed by atoms with Crippen LogP contribution in [0.1, 0.15) is 226 Å². The molecule has 0 amide bonds. The molecule has 0 radical (unpaired) electrons. The van der Waals surface area contributed by atoms with Crippen molar-refractivity contribution in [2.45, 2.75) is 250 Å². The largest absolute Gasteiger partial charge is 0.461 e. The summed E-state index contributed by atoms with van der Waals surface area (Å²) in [7, 11) is 0. The molecule has 1 saturated heterocycles. The molecule has 1 aliphatic heterocycles. The van der Waals surface area contributed by atoms with Crippen molar-refractivity contribution in [1.29, 1.82) is 0 Å². The van der Waals surface area contributed by atoms with Crippen LogP contribution in [0, 0.1) is 11.8 Å². The van der Waals surface area contributed by atoms with Crippen LogP contribution in [0.15, 0.2) is 0 Å². The van der Waals surface area contributed by atoms with Gasteiger partial charge >= 0.3 is 11.9 Å². The van der Waals surface area contributed by atoms with Crippen LogP contribution in [-0.4, -0.2) is 77.4 Å². The maximum atomic E-state index is 12.8. The van der Waals surface area contributed by atoms with Gasteiger partial charge in [-0.15, -0.1) is 0 Å². The molecule has 1 heterocycles. The van der Waals surface area contributed by atoms with E-state index in [2.05, 4.69) is 13.8 Å². The summed E-state index contributed by atoms with van der Waals surface area (Å²) in [5, 5.41) is 9.57. The number of thioether (sulfide) groups is 2. The van der Waals surface area contributed by atoms with Crippen molar-refractivity contribution >= 4 is 35.5 Å². The summed E-state index contributed by atoms with van der Waals surface area (Å²) in [6.45, 7) is 5.19. The molecule has 9 heteroatoms. The van der Waals surface area contributed by atoms with Crippen molar-refractivity contribution in [3.05, 3.63) is 0 Å². The summed E-state index contributed by atoms with van der Waals surface area (Å²) in [6.07, 6.45) is 37.2. The number of hydrogen-bond donors (Lipinski definition) is 1. The first-order chi connectivity index (χ1) is 28.4. The Hall–Kier alpha value is -0.480. The molecule has 0 aromatic heterocycles. The molecule has 0 bridgehead atoms. The van der Waals surface area contributed by atoms with Gasteiger partial charge in [-0.25, -0.2) is 0 Å². The Morgan fingerprint density at radius 3 is 1.53 bits per heavy atom. The zero-order valence-electron chi connectivity index (χ0n) is 37.7. The van der Waals surface area contributed by atoms with Crippen molar-refractivity contribution in [2.75, 3.05) is 36.2 Å². The lowest BCUT2D eigenvalue weighted by Crippen LogP contribution is -2.31. The summed E-state index contributed by atoms with van der Waals surface area (Å²) in [6, 6.07) is 0. The topological polar surface area (TPSA) is 91.3 Å². The Bertz CT molecular complexity index is 936. The van der Waals surface area contributed by atoms with Crippen LogP contribution >= 0.6 is 23.5 Å². The maximum Gasteiger partial charge on any atom is 0.306 e. The van der Waals surface area contributed by atoms with E-state index in [9.17, 15) is 14.7 Å². The lowest BCUT2D eigenvalue weighted by atomic mass is 9.86. The van der Waals surface area contributed by atoms with Crippen LogP contribution in [0.4, 0.5) is 0 Å². The highest BCUT2D eigenvalue weighted by atomic mass is 32.2. The molecule has 3 unspecified atom stereocenters. The first kappa shape index (κ1) is 51.9. The predicted octanol–water partition coefficient (Wildman–Crippen LogP) is 13.6. The van der Waals surface area contributed by atoms with E-state index in [-0.39, 0.29) is 36.9 Å². The average molecular weight is 855 g/mol. The maximum absolute atomic E-state index is 12.8. The van der Waals surface area contributed by atoms with Crippen LogP contribution in [0.3, 0.4) is 0 Å². The SMILES string of the molecule is CCCCCCC(CSCCCCCC1(CCCCCSCC(CCCCCC)OC(=O)CCC2CCCCC2)OCC(CCO)O1)OC(=O)CCC1CCCCC1. The van der Waals surface area contributed by atoms with Gasteiger partial charge < -0.3 is 24.1 Å². The first-order valence-electron chi connectivity index (χ1n) is 24.9. The first-order valence-corrected chi connectivity index (χ1v) is 27.2. The normalized spacial score (nSPS) is 21.6. The van der Waals surface area contributed by atoms with Crippen molar-refractivity contribution in [3.8, 4) is 0 Å². The fraction of sp³-hybridized carbons (Fsp3) is 0.959. The lowest BCUT2D eigenvalue weighted by Gasteiger charge is -2.28. The summed E-state index contributed by atoms with van der Waals surface area (Å²) in [5.41, 5.74) is 0. The minimum atomic E-state index is -0.523. The number of ether oxygens (including phenoxy) is 4. The summed E-state index contributed by atoms with van der Waals surface area (Å²) < 4.78 is 25.0. The van der Waals surface area contributed by atoms with Gasteiger partial charge in [0, 0.05) is 43.8 Å². The van der Waals surface area contributed by atoms with Gasteiger partial charge in [-0.2, -0.15) is 23.5 Å². The van der Waals surface area contributed by atoms with E-state index in [4.69, 9.17) is 18.9 Å². The van der Waals surface area contributed by atoms with E-state index in [1.54, 1.807) is 0 Å². The molecule has 0 spiro atoms. The zero-order valence-corrected chi connectivity index (χ0v) is 39.3. The van der Waals surface area contributed by atoms with E-state index in [0.29, 0.717) is 25.9 Å². The molecule has 0 aromatic carbocycles. The minimum Gasteiger partial charge on any atom is -0.461 e. The van der Waals surface area contributed by atoms with Crippen molar-refractivity contribution in [1.82, 2.24) is 0 Å². The molecule has 58 heavy (non-hydrogen) atoms. The Labute approximate surface area is 365 Å². The Morgan fingerprint density at radius 2 is 1.09 bits per heavy atom. The van der Waals surface area contributed by atoms with Gasteiger partial charge in [0.05, 0.1) is 12.7 Å². The van der Waals surface area contributed by atoms with Crippen LogP contribution in [0.25, 0.3) is 0 Å². The van der Waals surface area contributed by atoms with Crippen molar-refractivity contribution in [3.63, 3.8) is 0 Å². The van der Waals surface area contributed by atoms with Crippen LogP contribution in [-0.2, 0) is 28.5 Å². The molecule has 2 aliphatic carbocycles. The second-order valence-electron chi connectivity index (χ2n) is 18.3. The number of unbranched alkanes of at least 4 members (excludes halogenated alkanes) is 10. The van der Waals surface area contributed by atoms with E-state index in [0.717, 1.165) is 125 Å². The Kier molecular flexibility index (Phi) is 30.5. The Morgan fingerprint density at radius 1 is 0.621 bits per heavy atom. The third kappa shape index (κ3) is 24.8. The van der Waals surface area contributed by atoms with Crippen LogP contribution < -0.4 is 0 Å². The van der Waals surface area contributed by atoms with E-state index < -0.39 is 5.79 Å². The van der Waals surface area contributed by atoms with Crippen molar-refractivity contribution < 1.29 is 33.6 Å². The molecule has 1 N–H and O–H groups in total. The molecule has 3 atom stereocenters. The quantitative estimate of drug-likeness (QED) is 0.0488. The van der Waals surface area contributed by atoms with E-state index >= 15 is 0 Å². The highest BCUT2D eigenvalue weighted by Crippen LogP contribution is 2.36. The number of aliphatic hydroxyl groups excluding tert-OH is 1. The second kappa shape index (κ2) is 34.1. The molecule has 3 rings (SSSR count). The fourth-order valence-electron chi connectivity index (χ4n) is 9.31. The molecule has 0 aromatic rings. The summed E-state index contributed by atoms with van der Waals surface area (Å²) in [4.78, 5) is 25.6. The number of rotatable bonds is 36. The number of carbonyl (C=O) groups excluding carboxylic acids is 2. The van der Waals surface area contributed by atoms with Gasteiger partial charge in [-0.1, -0.05) is 129 Å². The van der Waals surface area contributed by atoms with Gasteiger partial charge in [0.25, 0.3) is 0 Å². The summed E-state index contributed by atoms with van der Waals surface area (Å²) >= 11 is 3.90. The molecule has 3 aliphatic rings. The number of esters is 2. The average Bonchev–Trinajstić information content (AvgIpc) is 3.64. The minimum absolute atomic E-state index is 0.0182. The third-order valence-corrected chi connectivity index (χ3v) is 15.4. The smallest absolute Gasteiger partial charge is 0.306 e. The van der Waals surface area contributed by atoms with Crippen LogP contribution in [0.5, 0.6) is 0 Å². The lowest BCUT2D eigenvalue weighted by molar-refractivity contribution is -0.180. The van der Waals surface area contributed by atoms with Gasteiger partial charge in [0.1, 0.15) is 12.2 Å². The molecule has 7 nitrogen and oxygen atoms in total. The molecule has 3 fully saturated rings. The number of aliphatic hydroxyl groups is 1. The van der Waals surface area contributed by atoms with Gasteiger partial charge in [-0.05, 0) is 94.0 Å². The summed E-state index contributed by atoms with van der Waals surface area (Å²) in [5.74, 6) is 4.94. The van der Waals surface area contributed by atoms with E-state index in [1.807, 2.05) is 23.5 Å². The fourth-order valence-corrected chi connectivity index (χ4v) is 11.5. The predicted molar refractivity (Wildman–Crippen MR) is 246 cm³/mol. The Balaban J connectivity index is 1.32.